The van der Waals surface area contributed by atoms with Crippen LogP contribution >= 0.6 is 0 Å². The molecule has 0 rings (SSSR count). The van der Waals surface area contributed by atoms with E-state index in [1.165, 1.54) is 0 Å². The summed E-state index contributed by atoms with van der Waals surface area (Å²) in [7, 11) is 0. The minimum atomic E-state index is -1.72. The predicted octanol–water partition coefficient (Wildman–Crippen LogP) is 1.36. The van der Waals surface area contributed by atoms with E-state index in [0.29, 0.717) is 0 Å². The molecule has 0 N–H and O–H groups in total. The third-order valence-electron chi connectivity index (χ3n) is 0.474. The van der Waals surface area contributed by atoms with Crippen molar-refractivity contribution in [2.45, 2.75) is 6.92 Å². The average molecular weight is 106 g/mol. The predicted molar refractivity (Wildman–Crippen MR) is 21.0 cm³/mol. The largest absolute Gasteiger partial charge is 0.330 e. The lowest BCUT2D eigenvalue weighted by atomic mass is 10.4. The maximum absolute atomic E-state index is 11.1. The van der Waals surface area contributed by atoms with Crippen molar-refractivity contribution in [1.82, 2.24) is 0 Å². The quantitative estimate of drug-likeness (QED) is 0.364. The van der Waals surface area contributed by atoms with Crippen molar-refractivity contribution in [3.63, 3.8) is 0 Å². The Morgan fingerprint density at radius 3 is 2.14 bits per heavy atom. The monoisotopic (exact) mass is 106 g/mol. The minimum Gasteiger partial charge on any atom is -0.256 e. The SMILES string of the molecule is CC(=CF)C(=O)F. The Balaban J connectivity index is 3.82. The summed E-state index contributed by atoms with van der Waals surface area (Å²) in [5.41, 5.74) is -0.500. The molecule has 0 radical (unpaired) electrons. The van der Waals surface area contributed by atoms with E-state index in [-0.39, 0.29) is 6.33 Å². The van der Waals surface area contributed by atoms with Gasteiger partial charge in [0.1, 0.15) is 0 Å². The molecule has 7 heavy (non-hydrogen) atoms. The summed E-state index contributed by atoms with van der Waals surface area (Å²) in [6, 6.07) is -1.72. The second-order valence-corrected chi connectivity index (χ2v) is 1.07. The Kier molecular flexibility index (Phi) is 2.19. The summed E-state index contributed by atoms with van der Waals surface area (Å²) in [5.74, 6) is 0. The van der Waals surface area contributed by atoms with Gasteiger partial charge in [0, 0.05) is 0 Å². The van der Waals surface area contributed by atoms with Crippen LogP contribution in [0.25, 0.3) is 0 Å². The number of hydrogen-bond acceptors (Lipinski definition) is 1. The zero-order valence-electron chi connectivity index (χ0n) is 3.74. The van der Waals surface area contributed by atoms with E-state index < -0.39 is 11.6 Å². The van der Waals surface area contributed by atoms with Crippen LogP contribution in [0.5, 0.6) is 0 Å². The van der Waals surface area contributed by atoms with Crippen LogP contribution in [0.3, 0.4) is 0 Å². The number of hydrogen-bond donors (Lipinski definition) is 0. The lowest BCUT2D eigenvalue weighted by Crippen LogP contribution is -1.85. The van der Waals surface area contributed by atoms with Gasteiger partial charge in [0.05, 0.1) is 11.9 Å². The van der Waals surface area contributed by atoms with Gasteiger partial charge in [-0.3, -0.25) is 4.79 Å². The number of allylic oxidation sites excluding steroid dienone is 1. The molecule has 0 heterocycles. The molecule has 0 fully saturated rings. The van der Waals surface area contributed by atoms with Gasteiger partial charge in [0.25, 0.3) is 0 Å². The molecule has 0 aromatic heterocycles. The third kappa shape index (κ3) is 2.03. The Bertz CT molecular complexity index is 106. The molecule has 0 unspecified atom stereocenters. The molecule has 0 saturated carbocycles. The topological polar surface area (TPSA) is 17.1 Å². The third-order valence-corrected chi connectivity index (χ3v) is 0.474. The molecule has 0 aliphatic heterocycles. The second kappa shape index (κ2) is 2.44. The van der Waals surface area contributed by atoms with Crippen molar-refractivity contribution in [1.29, 1.82) is 0 Å². The number of carbonyl (C=O) groups excluding carboxylic acids is 1. The summed E-state index contributed by atoms with van der Waals surface area (Å²) in [6.45, 7) is 1.06. The summed E-state index contributed by atoms with van der Waals surface area (Å²) in [5, 5.41) is 0. The summed E-state index contributed by atoms with van der Waals surface area (Å²) in [6.07, 6.45) is -0.0671. The van der Waals surface area contributed by atoms with E-state index in [4.69, 9.17) is 0 Å². The number of rotatable bonds is 1. The first-order valence-corrected chi connectivity index (χ1v) is 1.65. The Morgan fingerprint density at radius 2 is 2.14 bits per heavy atom. The molecule has 0 bridgehead atoms. The molecule has 0 aromatic carbocycles. The van der Waals surface area contributed by atoms with Gasteiger partial charge < -0.3 is 0 Å². The van der Waals surface area contributed by atoms with Gasteiger partial charge >= 0.3 is 6.04 Å². The maximum atomic E-state index is 11.1. The molecular formula is C4H4F2O. The first-order valence-electron chi connectivity index (χ1n) is 1.65. The van der Waals surface area contributed by atoms with E-state index in [0.717, 1.165) is 6.92 Å². The van der Waals surface area contributed by atoms with Crippen LogP contribution in [0.15, 0.2) is 11.9 Å². The van der Waals surface area contributed by atoms with Crippen LogP contribution in [0.1, 0.15) is 6.92 Å². The summed E-state index contributed by atoms with van der Waals surface area (Å²) >= 11 is 0. The molecule has 3 heteroatoms. The Labute approximate surface area is 39.6 Å². The lowest BCUT2D eigenvalue weighted by Gasteiger charge is -1.78. The highest BCUT2D eigenvalue weighted by Crippen LogP contribution is 1.93. The van der Waals surface area contributed by atoms with Gasteiger partial charge in [-0.05, 0) is 6.92 Å². The van der Waals surface area contributed by atoms with Crippen LogP contribution in [0.2, 0.25) is 0 Å². The van der Waals surface area contributed by atoms with Gasteiger partial charge in [-0.1, -0.05) is 0 Å². The normalized spacial score (nSPS) is 11.6. The van der Waals surface area contributed by atoms with Crippen LogP contribution < -0.4 is 0 Å². The van der Waals surface area contributed by atoms with Crippen molar-refractivity contribution >= 4 is 6.04 Å². The average Bonchev–Trinajstić information content (AvgIpc) is 1.65. The van der Waals surface area contributed by atoms with Gasteiger partial charge in [0.2, 0.25) is 0 Å². The van der Waals surface area contributed by atoms with Crippen LogP contribution in [0.4, 0.5) is 8.78 Å². The Hall–Kier alpha value is -0.730. The Morgan fingerprint density at radius 1 is 1.71 bits per heavy atom. The molecule has 0 aliphatic carbocycles. The smallest absolute Gasteiger partial charge is 0.256 e. The molecule has 0 aromatic rings. The fourth-order valence-corrected chi connectivity index (χ4v) is 0.0429. The van der Waals surface area contributed by atoms with Crippen molar-refractivity contribution in [3.8, 4) is 0 Å². The van der Waals surface area contributed by atoms with E-state index in [1.807, 2.05) is 0 Å². The summed E-state index contributed by atoms with van der Waals surface area (Å²) in [4.78, 5) is 9.40. The fraction of sp³-hybridized carbons (Fsp3) is 0.250. The van der Waals surface area contributed by atoms with Gasteiger partial charge in [-0.15, -0.1) is 0 Å². The van der Waals surface area contributed by atoms with Crippen molar-refractivity contribution < 1.29 is 13.6 Å². The highest BCUT2D eigenvalue weighted by atomic mass is 19.1. The zero-order chi connectivity index (χ0) is 5.86. The first kappa shape index (κ1) is 6.27. The minimum absolute atomic E-state index is 0.0671. The lowest BCUT2D eigenvalue weighted by molar-refractivity contribution is -0.125. The molecule has 0 aliphatic rings. The van der Waals surface area contributed by atoms with Gasteiger partial charge in [-0.2, -0.15) is 4.39 Å². The van der Waals surface area contributed by atoms with Crippen molar-refractivity contribution in [2.75, 3.05) is 0 Å². The van der Waals surface area contributed by atoms with Crippen molar-refractivity contribution in [3.05, 3.63) is 11.9 Å². The van der Waals surface area contributed by atoms with Crippen LogP contribution in [0, 0.1) is 0 Å². The second-order valence-electron chi connectivity index (χ2n) is 1.07. The van der Waals surface area contributed by atoms with E-state index in [9.17, 15) is 13.6 Å². The van der Waals surface area contributed by atoms with Gasteiger partial charge in [0.15, 0.2) is 0 Å². The van der Waals surface area contributed by atoms with E-state index in [2.05, 4.69) is 0 Å². The molecule has 0 amide bonds. The number of carbonyl (C=O) groups is 1. The van der Waals surface area contributed by atoms with Crippen molar-refractivity contribution in [2.24, 2.45) is 0 Å². The highest BCUT2D eigenvalue weighted by Gasteiger charge is 1.97. The standard InChI is InChI=1S/C4H4F2O/c1-3(2-5)4(6)7/h2H,1H3. The molecular weight excluding hydrogens is 102 g/mol. The summed E-state index contributed by atoms with van der Waals surface area (Å²) < 4.78 is 22.2. The maximum Gasteiger partial charge on any atom is 0.330 e. The van der Waals surface area contributed by atoms with Gasteiger partial charge in [-0.25, -0.2) is 4.39 Å². The van der Waals surface area contributed by atoms with Crippen LogP contribution in [-0.2, 0) is 4.79 Å². The number of halogens is 2. The molecule has 0 saturated heterocycles. The zero-order valence-corrected chi connectivity index (χ0v) is 3.74. The molecule has 1 nitrogen and oxygen atoms in total. The van der Waals surface area contributed by atoms with Crippen LogP contribution in [-0.4, -0.2) is 6.04 Å². The van der Waals surface area contributed by atoms with E-state index in [1.54, 1.807) is 0 Å². The molecule has 40 valence electrons. The molecule has 0 atom stereocenters. The molecule has 0 spiro atoms. The van der Waals surface area contributed by atoms with E-state index >= 15 is 0 Å². The fourth-order valence-electron chi connectivity index (χ4n) is 0.0429. The highest BCUT2D eigenvalue weighted by molar-refractivity contribution is 5.86. The first-order chi connectivity index (χ1) is 3.18.